The van der Waals surface area contributed by atoms with E-state index in [0.29, 0.717) is 27.8 Å². The van der Waals surface area contributed by atoms with Crippen molar-refractivity contribution in [2.45, 2.75) is 84.0 Å². The maximum atomic E-state index is 13.1. The molecule has 258 valence electrons. The molecule has 1 N–H and O–H groups in total. The second-order valence-electron chi connectivity index (χ2n) is 14.6. The van der Waals surface area contributed by atoms with Gasteiger partial charge in [0.25, 0.3) is 10.1 Å². The highest BCUT2D eigenvalue weighted by atomic mass is 32.2. The fourth-order valence-corrected chi connectivity index (χ4v) is 5.79. The molecule has 0 spiro atoms. The highest BCUT2D eigenvalue weighted by Gasteiger charge is 2.26. The number of rotatable bonds is 7. The number of carbonyl (C=O) groups excluding carboxylic acids is 3. The van der Waals surface area contributed by atoms with Crippen LogP contribution in [0.2, 0.25) is 0 Å². The fourth-order valence-electron chi connectivity index (χ4n) is 4.88. The van der Waals surface area contributed by atoms with E-state index >= 15 is 0 Å². The third kappa shape index (κ3) is 9.87. The molecule has 0 saturated carbocycles. The molecular weight excluding hydrogens is 644 g/mol. The first kappa shape index (κ1) is 37.0. The molecule has 0 aliphatic rings. The van der Waals surface area contributed by atoms with Gasteiger partial charge in [0.05, 0.1) is 16.7 Å². The molecule has 0 aliphatic carbocycles. The maximum Gasteiger partial charge on any atom is 0.338 e. The van der Waals surface area contributed by atoms with Crippen LogP contribution in [0.4, 0.5) is 0 Å². The minimum Gasteiger partial charge on any atom is -0.456 e. The van der Waals surface area contributed by atoms with Crippen LogP contribution in [0.15, 0.2) is 89.8 Å². The molecule has 0 unspecified atom stereocenters. The van der Waals surface area contributed by atoms with Gasteiger partial charge in [0, 0.05) is 11.1 Å². The van der Waals surface area contributed by atoms with Gasteiger partial charge in [-0.1, -0.05) is 36.4 Å². The van der Waals surface area contributed by atoms with Gasteiger partial charge in [-0.15, -0.1) is 0 Å². The quantitative estimate of drug-likeness (QED) is 0.115. The van der Waals surface area contributed by atoms with Crippen LogP contribution in [-0.4, -0.2) is 47.7 Å². The number of benzene rings is 4. The molecule has 0 atom stereocenters. The van der Waals surface area contributed by atoms with E-state index in [4.69, 9.17) is 14.2 Å². The topological polar surface area (TPSA) is 133 Å². The van der Waals surface area contributed by atoms with Gasteiger partial charge in [-0.3, -0.25) is 4.55 Å². The van der Waals surface area contributed by atoms with Crippen molar-refractivity contribution in [3.05, 3.63) is 102 Å². The summed E-state index contributed by atoms with van der Waals surface area (Å²) in [5.74, 6) is -1.57. The Kier molecular flexibility index (Phi) is 10.3. The number of hydrogen-bond acceptors (Lipinski definition) is 8. The summed E-state index contributed by atoms with van der Waals surface area (Å²) in [6.07, 6.45) is 0. The first-order chi connectivity index (χ1) is 22.5. The van der Waals surface area contributed by atoms with E-state index in [1.54, 1.807) is 123 Å². The Balaban J connectivity index is 1.90. The van der Waals surface area contributed by atoms with Crippen LogP contribution in [0, 0.1) is 0 Å². The van der Waals surface area contributed by atoms with E-state index in [1.165, 1.54) is 24.3 Å². The Morgan fingerprint density at radius 1 is 0.469 bits per heavy atom. The van der Waals surface area contributed by atoms with Gasteiger partial charge < -0.3 is 14.2 Å². The Bertz CT molecular complexity index is 1880. The van der Waals surface area contributed by atoms with Crippen LogP contribution in [-0.2, 0) is 24.3 Å². The molecule has 0 heterocycles. The second-order valence-corrected chi connectivity index (χ2v) is 16.0. The van der Waals surface area contributed by atoms with Crippen LogP contribution in [0.5, 0.6) is 0 Å². The molecule has 10 heteroatoms. The van der Waals surface area contributed by atoms with Crippen molar-refractivity contribution in [2.75, 3.05) is 0 Å². The van der Waals surface area contributed by atoms with Crippen molar-refractivity contribution in [1.29, 1.82) is 0 Å². The molecule has 4 rings (SSSR count). The van der Waals surface area contributed by atoms with Crippen molar-refractivity contribution in [1.82, 2.24) is 0 Å². The van der Waals surface area contributed by atoms with Gasteiger partial charge >= 0.3 is 17.9 Å². The van der Waals surface area contributed by atoms with E-state index in [9.17, 15) is 27.4 Å². The molecule has 9 nitrogen and oxygen atoms in total. The zero-order valence-electron chi connectivity index (χ0n) is 29.2. The Labute approximate surface area is 288 Å². The zero-order valence-corrected chi connectivity index (χ0v) is 30.0. The largest absolute Gasteiger partial charge is 0.456 e. The second kappa shape index (κ2) is 13.6. The predicted molar refractivity (Wildman–Crippen MR) is 188 cm³/mol. The fraction of sp³-hybridized carbons (Fsp3) is 0.308. The Morgan fingerprint density at radius 2 is 0.735 bits per heavy atom. The minimum atomic E-state index is -4.84. The van der Waals surface area contributed by atoms with Crippen molar-refractivity contribution >= 4 is 28.0 Å². The van der Waals surface area contributed by atoms with Crippen LogP contribution in [0.1, 0.15) is 93.4 Å². The average molecular weight is 687 g/mol. The third-order valence-corrected chi connectivity index (χ3v) is 7.82. The van der Waals surface area contributed by atoms with E-state index in [1.807, 2.05) is 0 Å². The van der Waals surface area contributed by atoms with Gasteiger partial charge in [0.2, 0.25) is 0 Å². The molecule has 0 radical (unpaired) electrons. The van der Waals surface area contributed by atoms with Crippen LogP contribution < -0.4 is 0 Å². The molecule has 0 saturated heterocycles. The van der Waals surface area contributed by atoms with E-state index < -0.39 is 44.8 Å². The molecule has 0 aliphatic heterocycles. The van der Waals surface area contributed by atoms with Crippen molar-refractivity contribution in [3.63, 3.8) is 0 Å². The van der Waals surface area contributed by atoms with Gasteiger partial charge in [0.15, 0.2) is 0 Å². The lowest BCUT2D eigenvalue weighted by Crippen LogP contribution is -2.23. The van der Waals surface area contributed by atoms with Crippen LogP contribution in [0.25, 0.3) is 33.4 Å². The molecule has 4 aromatic rings. The summed E-state index contributed by atoms with van der Waals surface area (Å²) in [6.45, 7) is 15.9. The molecule has 4 aromatic carbocycles. The Morgan fingerprint density at radius 3 is 0.980 bits per heavy atom. The van der Waals surface area contributed by atoms with E-state index in [2.05, 4.69) is 0 Å². The molecule has 0 amide bonds. The SMILES string of the molecule is CC(C)(C)OC(=O)c1ccc(-c2cc(-c3ccc(C(=O)OC(C)(C)C)cc3)c(S(=O)(=O)O)c(-c3ccc(C(=O)OC(C)(C)C)cc3)c2)cc1. The van der Waals surface area contributed by atoms with Crippen molar-refractivity contribution in [3.8, 4) is 33.4 Å². The summed E-state index contributed by atoms with van der Waals surface area (Å²) in [4.78, 5) is 37.7. The first-order valence-corrected chi connectivity index (χ1v) is 17.1. The number of esters is 3. The van der Waals surface area contributed by atoms with Gasteiger partial charge in [0.1, 0.15) is 21.7 Å². The van der Waals surface area contributed by atoms with E-state index in [0.717, 1.165) is 0 Å². The van der Waals surface area contributed by atoms with Crippen molar-refractivity contribution in [2.24, 2.45) is 0 Å². The molecular formula is C39H42O9S. The summed E-state index contributed by atoms with van der Waals surface area (Å²) in [5.41, 5.74) is 1.11. The standard InChI is InChI=1S/C39H42O9S/c1-37(2,3)46-34(40)27-16-10-24(11-17-27)30-22-31(25-12-18-28(19-13-25)35(41)47-38(4,5)6)33(49(43,44)45)32(23-30)26-14-20-29(21-15-26)36(42)48-39(7,8)9/h10-23H,1-9H3,(H,43,44,45). The first-order valence-electron chi connectivity index (χ1n) is 15.7. The summed E-state index contributed by atoms with van der Waals surface area (Å²) >= 11 is 0. The average Bonchev–Trinajstić information content (AvgIpc) is 2.97. The zero-order chi connectivity index (χ0) is 36.5. The van der Waals surface area contributed by atoms with Crippen LogP contribution >= 0.6 is 0 Å². The highest BCUT2D eigenvalue weighted by molar-refractivity contribution is 7.86. The van der Waals surface area contributed by atoms with Gasteiger partial charge in [-0.05, 0) is 133 Å². The molecule has 0 fully saturated rings. The van der Waals surface area contributed by atoms with Crippen molar-refractivity contribution < 1.29 is 41.6 Å². The predicted octanol–water partition coefficient (Wildman–Crippen LogP) is 8.80. The minimum absolute atomic E-state index is 0.165. The molecule has 49 heavy (non-hydrogen) atoms. The molecule has 0 aromatic heterocycles. The lowest BCUT2D eigenvalue weighted by Gasteiger charge is -2.20. The maximum absolute atomic E-state index is 13.1. The summed E-state index contributed by atoms with van der Waals surface area (Å²) < 4.78 is 53.3. The summed E-state index contributed by atoms with van der Waals surface area (Å²) in [5, 5.41) is 0. The highest BCUT2D eigenvalue weighted by Crippen LogP contribution is 2.40. The Hall–Kier alpha value is -4.80. The van der Waals surface area contributed by atoms with E-state index in [-0.39, 0.29) is 27.1 Å². The normalized spacial score (nSPS) is 12.3. The lowest BCUT2D eigenvalue weighted by molar-refractivity contribution is 0.00570. The number of ether oxygens (including phenoxy) is 3. The van der Waals surface area contributed by atoms with Gasteiger partial charge in [-0.25, -0.2) is 14.4 Å². The number of carbonyl (C=O) groups is 3. The van der Waals surface area contributed by atoms with Crippen LogP contribution in [0.3, 0.4) is 0 Å². The summed E-state index contributed by atoms with van der Waals surface area (Å²) in [6, 6.07) is 22.3. The van der Waals surface area contributed by atoms with Gasteiger partial charge in [-0.2, -0.15) is 8.42 Å². The third-order valence-electron chi connectivity index (χ3n) is 6.86. The monoisotopic (exact) mass is 686 g/mol. The smallest absolute Gasteiger partial charge is 0.338 e. The number of hydrogen-bond donors (Lipinski definition) is 1. The summed E-state index contributed by atoms with van der Waals surface area (Å²) in [7, 11) is -4.84. The molecule has 0 bridgehead atoms. The lowest BCUT2D eigenvalue weighted by atomic mass is 9.92.